The largest absolute Gasteiger partial charge is 0.451 e. The molecule has 0 saturated heterocycles. The average molecular weight is 348 g/mol. The highest BCUT2D eigenvalue weighted by Gasteiger charge is 2.20. The van der Waals surface area contributed by atoms with E-state index in [0.717, 1.165) is 30.2 Å². The van der Waals surface area contributed by atoms with E-state index in [1.54, 1.807) is 6.07 Å². The zero-order chi connectivity index (χ0) is 18.1. The summed E-state index contributed by atoms with van der Waals surface area (Å²) in [6.07, 6.45) is 4.44. The van der Waals surface area contributed by atoms with E-state index in [4.69, 9.17) is 9.15 Å². The summed E-state index contributed by atoms with van der Waals surface area (Å²) in [5.74, 6) is -0.644. The summed E-state index contributed by atoms with van der Waals surface area (Å²) in [6.45, 7) is 1.53. The Morgan fingerprint density at radius 1 is 1.04 bits per heavy atom. The van der Waals surface area contributed by atoms with Crippen molar-refractivity contribution >= 4 is 22.7 Å². The molecule has 4 heteroatoms. The van der Waals surface area contributed by atoms with Crippen molar-refractivity contribution in [2.75, 3.05) is 6.61 Å². The van der Waals surface area contributed by atoms with Gasteiger partial charge in [0.2, 0.25) is 5.76 Å². The highest BCUT2D eigenvalue weighted by atomic mass is 16.5. The van der Waals surface area contributed by atoms with Crippen LogP contribution in [0, 0.1) is 6.92 Å². The number of aryl methyl sites for hydroxylation is 3. The van der Waals surface area contributed by atoms with Gasteiger partial charge in [0.25, 0.3) is 0 Å². The van der Waals surface area contributed by atoms with Crippen LogP contribution in [0.25, 0.3) is 11.0 Å². The summed E-state index contributed by atoms with van der Waals surface area (Å²) in [4.78, 5) is 24.8. The van der Waals surface area contributed by atoms with Crippen LogP contribution in [0.1, 0.15) is 50.4 Å². The minimum atomic E-state index is -0.606. The number of furan rings is 1. The van der Waals surface area contributed by atoms with Crippen molar-refractivity contribution < 1.29 is 18.7 Å². The first-order chi connectivity index (χ1) is 12.6. The van der Waals surface area contributed by atoms with Crippen molar-refractivity contribution in [1.82, 2.24) is 0 Å². The lowest BCUT2D eigenvalue weighted by molar-refractivity contribution is 0.0445. The third-order valence-corrected chi connectivity index (χ3v) is 5.03. The van der Waals surface area contributed by atoms with Gasteiger partial charge in [0, 0.05) is 16.5 Å². The minimum absolute atomic E-state index is 0.157. The monoisotopic (exact) mass is 348 g/mol. The highest BCUT2D eigenvalue weighted by molar-refractivity contribution is 6.00. The van der Waals surface area contributed by atoms with Gasteiger partial charge in [-0.2, -0.15) is 0 Å². The maximum Gasteiger partial charge on any atom is 0.375 e. The number of carbonyl (C=O) groups excluding carboxylic acids is 2. The molecule has 1 heterocycles. The van der Waals surface area contributed by atoms with E-state index < -0.39 is 5.97 Å². The molecule has 0 bridgehead atoms. The molecule has 3 aromatic rings. The Morgan fingerprint density at radius 2 is 1.81 bits per heavy atom. The molecule has 0 fully saturated rings. The smallest absolute Gasteiger partial charge is 0.375 e. The van der Waals surface area contributed by atoms with E-state index in [0.29, 0.717) is 11.1 Å². The van der Waals surface area contributed by atoms with Gasteiger partial charge in [-0.15, -0.1) is 0 Å². The van der Waals surface area contributed by atoms with Gasteiger partial charge in [0.05, 0.1) is 0 Å². The Balaban J connectivity index is 1.47. The Kier molecular flexibility index (Phi) is 4.33. The number of hydrogen-bond acceptors (Lipinski definition) is 4. The molecule has 132 valence electrons. The van der Waals surface area contributed by atoms with Crippen LogP contribution in [0.4, 0.5) is 0 Å². The summed E-state index contributed by atoms with van der Waals surface area (Å²) >= 11 is 0. The van der Waals surface area contributed by atoms with Crippen LogP contribution in [0.2, 0.25) is 0 Å². The van der Waals surface area contributed by atoms with Gasteiger partial charge in [-0.25, -0.2) is 4.79 Å². The fourth-order valence-corrected chi connectivity index (χ4v) is 3.56. The molecule has 0 radical (unpaired) electrons. The zero-order valence-electron chi connectivity index (χ0n) is 14.7. The normalized spacial score (nSPS) is 13.4. The number of rotatable bonds is 4. The first-order valence-corrected chi connectivity index (χ1v) is 8.94. The first kappa shape index (κ1) is 16.6. The molecule has 26 heavy (non-hydrogen) atoms. The van der Waals surface area contributed by atoms with E-state index in [-0.39, 0.29) is 18.2 Å². The number of ether oxygens (including phenoxy) is 1. The molecule has 0 unspecified atom stereocenters. The summed E-state index contributed by atoms with van der Waals surface area (Å²) in [7, 11) is 0. The Morgan fingerprint density at radius 3 is 2.62 bits per heavy atom. The molecule has 0 saturated carbocycles. The molecule has 1 aliphatic carbocycles. The molecule has 0 N–H and O–H groups in total. The van der Waals surface area contributed by atoms with Crippen LogP contribution >= 0.6 is 0 Å². The number of Topliss-reactive ketones (excluding diaryl/α,β-unsaturated/α-hetero) is 1. The molecule has 0 aliphatic heterocycles. The Labute approximate surface area is 151 Å². The number of carbonyl (C=O) groups is 2. The van der Waals surface area contributed by atoms with Gasteiger partial charge in [0.1, 0.15) is 5.58 Å². The molecule has 4 rings (SSSR count). The number of fused-ring (bicyclic) bond motifs is 2. The number of hydrogen-bond donors (Lipinski definition) is 0. The second-order valence-electron chi connectivity index (χ2n) is 6.74. The van der Waals surface area contributed by atoms with E-state index in [2.05, 4.69) is 0 Å². The maximum atomic E-state index is 12.4. The van der Waals surface area contributed by atoms with Gasteiger partial charge in [-0.05, 0) is 55.9 Å². The molecule has 1 aliphatic rings. The third-order valence-electron chi connectivity index (χ3n) is 5.03. The maximum absolute atomic E-state index is 12.4. The Bertz CT molecular complexity index is 997. The van der Waals surface area contributed by atoms with Crippen LogP contribution in [0.5, 0.6) is 0 Å². The minimum Gasteiger partial charge on any atom is -0.451 e. The predicted octanol–water partition coefficient (Wildman–Crippen LogP) is 4.66. The van der Waals surface area contributed by atoms with Crippen LogP contribution in [0.3, 0.4) is 0 Å². The number of benzene rings is 2. The van der Waals surface area contributed by atoms with Gasteiger partial charge in [-0.1, -0.05) is 30.3 Å². The molecule has 0 amide bonds. The average Bonchev–Trinajstić information content (AvgIpc) is 3.02. The van der Waals surface area contributed by atoms with Gasteiger partial charge >= 0.3 is 5.97 Å². The lowest BCUT2D eigenvalue weighted by atomic mass is 9.90. The van der Waals surface area contributed by atoms with Gasteiger partial charge < -0.3 is 9.15 Å². The van der Waals surface area contributed by atoms with Crippen molar-refractivity contribution in [3.8, 4) is 0 Å². The Hall–Kier alpha value is -2.88. The topological polar surface area (TPSA) is 56.5 Å². The molecule has 0 atom stereocenters. The van der Waals surface area contributed by atoms with E-state index in [1.807, 2.05) is 43.3 Å². The molecule has 4 nitrogen and oxygen atoms in total. The van der Waals surface area contributed by atoms with E-state index in [9.17, 15) is 9.59 Å². The van der Waals surface area contributed by atoms with Crippen LogP contribution in [0.15, 0.2) is 46.9 Å². The molecule has 0 spiro atoms. The quantitative estimate of drug-likeness (QED) is 0.508. The van der Waals surface area contributed by atoms with Gasteiger partial charge in [0.15, 0.2) is 12.4 Å². The van der Waals surface area contributed by atoms with Crippen molar-refractivity contribution in [1.29, 1.82) is 0 Å². The van der Waals surface area contributed by atoms with E-state index in [1.165, 1.54) is 17.5 Å². The second-order valence-corrected chi connectivity index (χ2v) is 6.74. The fourth-order valence-electron chi connectivity index (χ4n) is 3.56. The number of esters is 1. The van der Waals surface area contributed by atoms with Crippen molar-refractivity contribution in [2.45, 2.75) is 32.6 Å². The summed E-state index contributed by atoms with van der Waals surface area (Å²) in [5, 5.41) is 0.875. The standard InChI is InChI=1S/C22H20O4/c1-14-18-8-4-5-9-20(18)26-21(14)22(24)25-13-19(23)17-11-10-15-6-2-3-7-16(15)12-17/h4-5,8-12H,2-3,6-7,13H2,1H3. The zero-order valence-corrected chi connectivity index (χ0v) is 14.7. The van der Waals surface area contributed by atoms with Crippen molar-refractivity contribution in [3.05, 3.63) is 70.5 Å². The summed E-state index contributed by atoms with van der Waals surface area (Å²) in [6, 6.07) is 13.2. The third kappa shape index (κ3) is 3.03. The van der Waals surface area contributed by atoms with Crippen molar-refractivity contribution in [2.24, 2.45) is 0 Å². The molecule has 2 aromatic carbocycles. The summed E-state index contributed by atoms with van der Waals surface area (Å²) < 4.78 is 10.8. The fraction of sp³-hybridized carbons (Fsp3) is 0.273. The lowest BCUT2D eigenvalue weighted by Crippen LogP contribution is -2.15. The molecule has 1 aromatic heterocycles. The number of ketones is 1. The van der Waals surface area contributed by atoms with Crippen LogP contribution in [-0.4, -0.2) is 18.4 Å². The SMILES string of the molecule is Cc1c(C(=O)OCC(=O)c2ccc3c(c2)CCCC3)oc2ccccc12. The highest BCUT2D eigenvalue weighted by Crippen LogP contribution is 2.26. The predicted molar refractivity (Wildman–Crippen MR) is 98.6 cm³/mol. The summed E-state index contributed by atoms with van der Waals surface area (Å²) in [5.41, 5.74) is 4.52. The second kappa shape index (κ2) is 6.79. The lowest BCUT2D eigenvalue weighted by Gasteiger charge is -2.16. The molecular formula is C22H20O4. The first-order valence-electron chi connectivity index (χ1n) is 8.94. The number of para-hydroxylation sites is 1. The van der Waals surface area contributed by atoms with Gasteiger partial charge in [-0.3, -0.25) is 4.79 Å². The van der Waals surface area contributed by atoms with Crippen molar-refractivity contribution in [3.63, 3.8) is 0 Å². The van der Waals surface area contributed by atoms with E-state index >= 15 is 0 Å². The van der Waals surface area contributed by atoms with Crippen LogP contribution in [-0.2, 0) is 17.6 Å². The van der Waals surface area contributed by atoms with Crippen LogP contribution < -0.4 is 0 Å². The molecular weight excluding hydrogens is 328 g/mol.